The zero-order chi connectivity index (χ0) is 15.8. The number of pyridine rings is 1. The molecule has 0 unspecified atom stereocenters. The SMILES string of the molecule is Cc1cc(NC(=O)N(CCCO)Cc2ccccc2)ccn1. The largest absolute Gasteiger partial charge is 0.396 e. The highest BCUT2D eigenvalue weighted by molar-refractivity contribution is 5.89. The third-order valence-electron chi connectivity index (χ3n) is 3.24. The number of aryl methyl sites for hydroxylation is 1. The molecule has 22 heavy (non-hydrogen) atoms. The van der Waals surface area contributed by atoms with E-state index in [-0.39, 0.29) is 12.6 Å². The molecule has 1 aromatic heterocycles. The molecule has 2 rings (SSSR count). The number of benzene rings is 1. The molecule has 5 nitrogen and oxygen atoms in total. The van der Waals surface area contributed by atoms with Crippen molar-refractivity contribution in [1.82, 2.24) is 9.88 Å². The second-order valence-corrected chi connectivity index (χ2v) is 5.10. The Balaban J connectivity index is 2.05. The van der Waals surface area contributed by atoms with E-state index in [0.29, 0.717) is 19.5 Å². The van der Waals surface area contributed by atoms with E-state index in [1.807, 2.05) is 43.3 Å². The number of hydrogen-bond donors (Lipinski definition) is 2. The van der Waals surface area contributed by atoms with E-state index in [9.17, 15) is 4.79 Å². The van der Waals surface area contributed by atoms with Gasteiger partial charge in [0.1, 0.15) is 0 Å². The molecule has 2 N–H and O–H groups in total. The monoisotopic (exact) mass is 299 g/mol. The Bertz CT molecular complexity index is 602. The first kappa shape index (κ1) is 16.0. The summed E-state index contributed by atoms with van der Waals surface area (Å²) in [6.07, 6.45) is 2.22. The highest BCUT2D eigenvalue weighted by atomic mass is 16.3. The smallest absolute Gasteiger partial charge is 0.322 e. The third kappa shape index (κ3) is 4.86. The summed E-state index contributed by atoms with van der Waals surface area (Å²) in [5, 5.41) is 11.9. The van der Waals surface area contributed by atoms with Crippen LogP contribution in [-0.4, -0.2) is 34.2 Å². The van der Waals surface area contributed by atoms with Gasteiger partial charge in [0, 0.05) is 37.3 Å². The number of urea groups is 1. The number of anilines is 1. The van der Waals surface area contributed by atoms with E-state index in [1.165, 1.54) is 0 Å². The Labute approximate surface area is 130 Å². The Morgan fingerprint density at radius 1 is 1.27 bits per heavy atom. The highest BCUT2D eigenvalue weighted by Gasteiger charge is 2.14. The zero-order valence-corrected chi connectivity index (χ0v) is 12.7. The van der Waals surface area contributed by atoms with E-state index in [4.69, 9.17) is 5.11 Å². The van der Waals surface area contributed by atoms with Crippen LogP contribution in [0, 0.1) is 6.92 Å². The predicted molar refractivity (Wildman–Crippen MR) is 86.5 cm³/mol. The molecule has 0 saturated heterocycles. The van der Waals surface area contributed by atoms with Crippen molar-refractivity contribution in [1.29, 1.82) is 0 Å². The molecule has 0 radical (unpaired) electrons. The van der Waals surface area contributed by atoms with Crippen LogP contribution >= 0.6 is 0 Å². The number of rotatable bonds is 6. The molecule has 0 saturated carbocycles. The first-order chi connectivity index (χ1) is 10.7. The molecular formula is C17H21N3O2. The van der Waals surface area contributed by atoms with Crippen LogP contribution in [0.3, 0.4) is 0 Å². The zero-order valence-electron chi connectivity index (χ0n) is 12.7. The van der Waals surface area contributed by atoms with Crippen LogP contribution < -0.4 is 5.32 Å². The van der Waals surface area contributed by atoms with Gasteiger partial charge < -0.3 is 15.3 Å². The number of aliphatic hydroxyl groups is 1. The summed E-state index contributed by atoms with van der Waals surface area (Å²) in [5.41, 5.74) is 2.63. The molecule has 2 aromatic rings. The van der Waals surface area contributed by atoms with Crippen molar-refractivity contribution < 1.29 is 9.90 Å². The molecular weight excluding hydrogens is 278 g/mol. The standard InChI is InChI=1S/C17H21N3O2/c1-14-12-16(8-9-18-14)19-17(22)20(10-5-11-21)13-15-6-3-2-4-7-15/h2-4,6-9,12,21H,5,10-11,13H2,1H3,(H,18,19,22). The second kappa shape index (κ2) is 8.14. The van der Waals surface area contributed by atoms with Crippen molar-refractivity contribution in [3.63, 3.8) is 0 Å². The van der Waals surface area contributed by atoms with Crippen LogP contribution in [0.2, 0.25) is 0 Å². The van der Waals surface area contributed by atoms with Crippen LogP contribution in [0.15, 0.2) is 48.7 Å². The number of hydrogen-bond acceptors (Lipinski definition) is 3. The van der Waals surface area contributed by atoms with Gasteiger partial charge in [-0.1, -0.05) is 30.3 Å². The number of amides is 2. The minimum absolute atomic E-state index is 0.0624. The Kier molecular flexibility index (Phi) is 5.91. The summed E-state index contributed by atoms with van der Waals surface area (Å²) in [4.78, 5) is 18.3. The van der Waals surface area contributed by atoms with E-state index < -0.39 is 0 Å². The topological polar surface area (TPSA) is 65.5 Å². The number of aliphatic hydroxyl groups excluding tert-OH is 1. The molecule has 0 spiro atoms. The van der Waals surface area contributed by atoms with Crippen molar-refractivity contribution in [2.24, 2.45) is 0 Å². The van der Waals surface area contributed by atoms with Gasteiger partial charge in [0.25, 0.3) is 0 Å². The van der Waals surface area contributed by atoms with Gasteiger partial charge in [-0.3, -0.25) is 4.98 Å². The van der Waals surface area contributed by atoms with Gasteiger partial charge in [-0.05, 0) is 31.0 Å². The minimum Gasteiger partial charge on any atom is -0.396 e. The number of nitrogens with zero attached hydrogens (tertiary/aromatic N) is 2. The van der Waals surface area contributed by atoms with Crippen LogP contribution in [0.5, 0.6) is 0 Å². The summed E-state index contributed by atoms with van der Waals surface area (Å²) in [5.74, 6) is 0. The summed E-state index contributed by atoms with van der Waals surface area (Å²) < 4.78 is 0. The van der Waals surface area contributed by atoms with Crippen molar-refractivity contribution in [2.75, 3.05) is 18.5 Å². The normalized spacial score (nSPS) is 10.3. The summed E-state index contributed by atoms with van der Waals surface area (Å²) in [7, 11) is 0. The number of carbonyl (C=O) groups is 1. The Hall–Kier alpha value is -2.40. The molecule has 0 bridgehead atoms. The van der Waals surface area contributed by atoms with Crippen LogP contribution in [0.25, 0.3) is 0 Å². The lowest BCUT2D eigenvalue weighted by molar-refractivity contribution is 0.199. The van der Waals surface area contributed by atoms with Gasteiger partial charge in [-0.25, -0.2) is 4.79 Å². The average Bonchev–Trinajstić information content (AvgIpc) is 2.52. The fourth-order valence-corrected chi connectivity index (χ4v) is 2.14. The third-order valence-corrected chi connectivity index (χ3v) is 3.24. The van der Waals surface area contributed by atoms with Crippen LogP contribution in [-0.2, 0) is 6.54 Å². The first-order valence-electron chi connectivity index (χ1n) is 7.32. The van der Waals surface area contributed by atoms with Gasteiger partial charge in [0.15, 0.2) is 0 Å². The fourth-order valence-electron chi connectivity index (χ4n) is 2.14. The lowest BCUT2D eigenvalue weighted by atomic mass is 10.2. The maximum absolute atomic E-state index is 12.4. The van der Waals surface area contributed by atoms with E-state index in [1.54, 1.807) is 17.2 Å². The second-order valence-electron chi connectivity index (χ2n) is 5.10. The summed E-state index contributed by atoms with van der Waals surface area (Å²) >= 11 is 0. The number of carbonyl (C=O) groups excluding carboxylic acids is 1. The minimum atomic E-state index is -0.178. The lowest BCUT2D eigenvalue weighted by Crippen LogP contribution is -2.35. The van der Waals surface area contributed by atoms with Gasteiger partial charge in [-0.2, -0.15) is 0 Å². The number of nitrogens with one attached hydrogen (secondary N) is 1. The molecule has 0 aliphatic heterocycles. The van der Waals surface area contributed by atoms with E-state index in [2.05, 4.69) is 10.3 Å². The quantitative estimate of drug-likeness (QED) is 0.862. The maximum Gasteiger partial charge on any atom is 0.322 e. The predicted octanol–water partition coefficient (Wildman–Crippen LogP) is 2.81. The molecule has 1 aromatic carbocycles. The highest BCUT2D eigenvalue weighted by Crippen LogP contribution is 2.11. The van der Waals surface area contributed by atoms with Gasteiger partial charge in [0.2, 0.25) is 0 Å². The van der Waals surface area contributed by atoms with Crippen LogP contribution in [0.4, 0.5) is 10.5 Å². The van der Waals surface area contributed by atoms with E-state index >= 15 is 0 Å². The molecule has 0 aliphatic rings. The molecule has 0 atom stereocenters. The number of aromatic nitrogens is 1. The fraction of sp³-hybridized carbons (Fsp3) is 0.294. The van der Waals surface area contributed by atoms with Gasteiger partial charge in [0.05, 0.1) is 0 Å². The summed E-state index contributed by atoms with van der Waals surface area (Å²) in [6, 6.07) is 13.2. The summed E-state index contributed by atoms with van der Waals surface area (Å²) in [6.45, 7) is 2.95. The Morgan fingerprint density at radius 3 is 2.73 bits per heavy atom. The molecule has 0 aliphatic carbocycles. The lowest BCUT2D eigenvalue weighted by Gasteiger charge is -2.23. The van der Waals surface area contributed by atoms with Gasteiger partial charge >= 0.3 is 6.03 Å². The first-order valence-corrected chi connectivity index (χ1v) is 7.32. The van der Waals surface area contributed by atoms with Crippen molar-refractivity contribution in [3.8, 4) is 0 Å². The van der Waals surface area contributed by atoms with Gasteiger partial charge in [-0.15, -0.1) is 0 Å². The van der Waals surface area contributed by atoms with Crippen molar-refractivity contribution >= 4 is 11.7 Å². The van der Waals surface area contributed by atoms with E-state index in [0.717, 1.165) is 16.9 Å². The van der Waals surface area contributed by atoms with Crippen LogP contribution in [0.1, 0.15) is 17.7 Å². The average molecular weight is 299 g/mol. The maximum atomic E-state index is 12.4. The molecule has 116 valence electrons. The van der Waals surface area contributed by atoms with Crippen molar-refractivity contribution in [2.45, 2.75) is 19.9 Å². The Morgan fingerprint density at radius 2 is 2.05 bits per heavy atom. The molecule has 2 amide bonds. The molecule has 0 fully saturated rings. The van der Waals surface area contributed by atoms with Crippen molar-refractivity contribution in [3.05, 3.63) is 59.9 Å². The molecule has 5 heteroatoms. The molecule has 1 heterocycles.